The van der Waals surface area contributed by atoms with Gasteiger partial charge in [-0.2, -0.15) is 0 Å². The molecule has 0 heterocycles. The molecule has 4 nitrogen and oxygen atoms in total. The average molecular weight is 316 g/mol. The summed E-state index contributed by atoms with van der Waals surface area (Å²) in [5, 5.41) is 0. The third kappa shape index (κ3) is 2.01. The van der Waals surface area contributed by atoms with Crippen molar-refractivity contribution in [3.05, 3.63) is 0 Å². The van der Waals surface area contributed by atoms with Crippen molar-refractivity contribution in [2.24, 2.45) is 10.8 Å². The zero-order valence-corrected chi connectivity index (χ0v) is 15.4. The Balaban J connectivity index is 6.87. The Morgan fingerprint density at radius 1 is 0.579 bits per heavy atom. The zero-order valence-electron chi connectivity index (χ0n) is 14.1. The van der Waals surface area contributed by atoms with Crippen molar-refractivity contribution >= 4 is 0 Å². The van der Waals surface area contributed by atoms with Gasteiger partial charge in [0.15, 0.2) is 0 Å². The molecule has 0 aromatic heterocycles. The van der Waals surface area contributed by atoms with E-state index in [9.17, 15) is 15.9 Å². The molecule has 0 aromatic rings. The van der Waals surface area contributed by atoms with Crippen molar-refractivity contribution in [1.82, 2.24) is 0 Å². The van der Waals surface area contributed by atoms with E-state index in [0.717, 1.165) is 0 Å². The Kier molecular flexibility index (Phi) is 3.45. The summed E-state index contributed by atoms with van der Waals surface area (Å²) in [5.41, 5.74) is -1.64. The van der Waals surface area contributed by atoms with Gasteiger partial charge in [0.05, 0.1) is 0 Å². The van der Waals surface area contributed by atoms with Gasteiger partial charge >= 0.3 is 116 Å². The zero-order chi connectivity index (χ0) is 16.4. The van der Waals surface area contributed by atoms with Gasteiger partial charge in [0.25, 0.3) is 0 Å². The van der Waals surface area contributed by atoms with E-state index < -0.39 is 30.9 Å². The first kappa shape index (κ1) is 19.1. The summed E-state index contributed by atoms with van der Waals surface area (Å²) < 4.78 is 44.8. The van der Waals surface area contributed by atoms with Crippen LogP contribution in [0.5, 0.6) is 0 Å². The van der Waals surface area contributed by atoms with Gasteiger partial charge in [-0.05, 0) is 0 Å². The number of hydrogen-bond acceptors (Lipinski definition) is 2. The molecule has 0 saturated heterocycles. The van der Waals surface area contributed by atoms with Crippen molar-refractivity contribution in [3.8, 4) is 0 Å². The SMILES string of the molecule is CC(C)(C)[C](C)(C)[Cr](=[O])(=[O])([OH])([OH])[C](C)(C)C(C)(C)C. The van der Waals surface area contributed by atoms with Crippen LogP contribution in [0.1, 0.15) is 69.2 Å². The molecule has 0 aliphatic heterocycles. The molecular formula is C14H32CrO4. The maximum atomic E-state index is 13.3. The molecular weight excluding hydrogens is 284 g/mol. The molecule has 0 saturated carbocycles. The van der Waals surface area contributed by atoms with Gasteiger partial charge in [-0.15, -0.1) is 0 Å². The number of rotatable bonds is 2. The standard InChI is InChI=1S/2C7H15.Cr.2H2O.2O/c2*1-6(2)7(3,4)5;;;;;/h2*1-5H3;;2*1H2;;/q;;+2;;;;/p-2. The Hall–Kier alpha value is 0.0525. The second-order valence-electron chi connectivity index (χ2n) is 8.77. The minimum absolute atomic E-state index is 0.822. The van der Waals surface area contributed by atoms with E-state index >= 15 is 0 Å². The Morgan fingerprint density at radius 3 is 0.842 bits per heavy atom. The van der Waals surface area contributed by atoms with Crippen LogP contribution in [-0.4, -0.2) is 8.32 Å². The topological polar surface area (TPSA) is 74.6 Å². The molecule has 0 spiro atoms. The van der Waals surface area contributed by atoms with E-state index in [1.807, 2.05) is 0 Å². The molecule has 0 aliphatic carbocycles. The van der Waals surface area contributed by atoms with Crippen molar-refractivity contribution in [2.75, 3.05) is 0 Å². The molecule has 0 atom stereocenters. The summed E-state index contributed by atoms with van der Waals surface area (Å²) >= 11 is -7.57. The quantitative estimate of drug-likeness (QED) is 0.800. The molecule has 0 aromatic carbocycles. The van der Waals surface area contributed by atoms with Gasteiger partial charge in [-0.3, -0.25) is 0 Å². The monoisotopic (exact) mass is 316 g/mol. The summed E-state index contributed by atoms with van der Waals surface area (Å²) in [6.45, 7) is 15.8. The Bertz CT molecular complexity index is 495. The van der Waals surface area contributed by atoms with Crippen LogP contribution in [0.3, 0.4) is 0 Å². The molecule has 0 amide bonds. The minimum atomic E-state index is -7.57. The van der Waals surface area contributed by atoms with Gasteiger partial charge < -0.3 is 0 Å². The molecule has 0 radical (unpaired) electrons. The van der Waals surface area contributed by atoms with E-state index in [4.69, 9.17) is 0 Å². The first-order chi connectivity index (χ1) is 7.54. The van der Waals surface area contributed by atoms with Crippen molar-refractivity contribution < 1.29 is 27.4 Å². The van der Waals surface area contributed by atoms with E-state index in [1.54, 1.807) is 41.5 Å². The van der Waals surface area contributed by atoms with E-state index in [1.165, 1.54) is 27.7 Å². The van der Waals surface area contributed by atoms with E-state index in [0.29, 0.717) is 0 Å². The Morgan fingerprint density at radius 2 is 0.737 bits per heavy atom. The van der Waals surface area contributed by atoms with E-state index in [2.05, 4.69) is 0 Å². The van der Waals surface area contributed by atoms with Crippen LogP contribution >= 0.6 is 0 Å². The van der Waals surface area contributed by atoms with Gasteiger partial charge in [0.2, 0.25) is 0 Å². The maximum absolute atomic E-state index is 13.3. The van der Waals surface area contributed by atoms with Crippen LogP contribution in [0.15, 0.2) is 0 Å². The van der Waals surface area contributed by atoms with Crippen LogP contribution in [-0.2, 0) is 19.1 Å². The summed E-state index contributed by atoms with van der Waals surface area (Å²) in [7, 11) is 0. The predicted molar refractivity (Wildman–Crippen MR) is 72.8 cm³/mol. The van der Waals surface area contributed by atoms with Gasteiger partial charge in [0, 0.05) is 0 Å². The molecule has 0 aliphatic rings. The fourth-order valence-electron chi connectivity index (χ4n) is 1.99. The van der Waals surface area contributed by atoms with Crippen molar-refractivity contribution in [2.45, 2.75) is 77.8 Å². The number of hydrogen-bond donors (Lipinski definition) is 2. The average Bonchev–Trinajstić information content (AvgIpc) is 1.96. The van der Waals surface area contributed by atoms with Crippen molar-refractivity contribution in [1.29, 1.82) is 0 Å². The van der Waals surface area contributed by atoms with E-state index in [-0.39, 0.29) is 0 Å². The second-order valence-corrected chi connectivity index (χ2v) is 15.9. The second kappa shape index (κ2) is 3.44. The fourth-order valence-corrected chi connectivity index (χ4v) is 8.21. The van der Waals surface area contributed by atoms with Crippen LogP contribution < -0.4 is 0 Å². The van der Waals surface area contributed by atoms with Gasteiger partial charge in [-0.25, -0.2) is 0 Å². The molecule has 118 valence electrons. The predicted octanol–water partition coefficient (Wildman–Crippen LogP) is 4.21. The fraction of sp³-hybridized carbons (Fsp3) is 1.00. The van der Waals surface area contributed by atoms with Crippen molar-refractivity contribution in [3.63, 3.8) is 0 Å². The van der Waals surface area contributed by atoms with Crippen LogP contribution in [0.25, 0.3) is 0 Å². The van der Waals surface area contributed by atoms with Crippen LogP contribution in [0, 0.1) is 10.8 Å². The normalized spacial score (nSPS) is 19.8. The third-order valence-electron chi connectivity index (χ3n) is 5.87. The summed E-state index contributed by atoms with van der Waals surface area (Å²) in [4.78, 5) is 0. The molecule has 0 rings (SSSR count). The van der Waals surface area contributed by atoms with Crippen LogP contribution in [0.4, 0.5) is 0 Å². The third-order valence-corrected chi connectivity index (χ3v) is 14.8. The first-order valence-electron chi connectivity index (χ1n) is 6.61. The van der Waals surface area contributed by atoms with Gasteiger partial charge in [-0.1, -0.05) is 0 Å². The molecule has 0 bridgehead atoms. The summed E-state index contributed by atoms with van der Waals surface area (Å²) in [6.07, 6.45) is 0. The Labute approximate surface area is 116 Å². The van der Waals surface area contributed by atoms with Gasteiger partial charge in [0.1, 0.15) is 0 Å². The molecule has 19 heavy (non-hydrogen) atoms. The molecule has 2 N–H and O–H groups in total. The van der Waals surface area contributed by atoms with Crippen LogP contribution in [0.2, 0.25) is 8.55 Å². The first-order valence-corrected chi connectivity index (χ1v) is 10.1. The summed E-state index contributed by atoms with van der Waals surface area (Å²) in [5.74, 6) is 0. The summed E-state index contributed by atoms with van der Waals surface area (Å²) in [6, 6.07) is 0. The molecule has 0 fully saturated rings. The molecule has 5 heteroatoms. The molecule has 0 unspecified atom stereocenters.